The van der Waals surface area contributed by atoms with E-state index in [9.17, 15) is 14.7 Å². The van der Waals surface area contributed by atoms with Crippen molar-refractivity contribution < 1.29 is 14.3 Å². The molecule has 0 spiro atoms. The van der Waals surface area contributed by atoms with Gasteiger partial charge in [0, 0.05) is 6.54 Å². The smallest absolute Gasteiger partial charge is 0.408 e. The summed E-state index contributed by atoms with van der Waals surface area (Å²) in [5.41, 5.74) is 2.60. The Labute approximate surface area is 149 Å². The van der Waals surface area contributed by atoms with Gasteiger partial charge in [0.2, 0.25) is 5.91 Å². The third kappa shape index (κ3) is 2.82. The van der Waals surface area contributed by atoms with Crippen LogP contribution in [0.1, 0.15) is 30.8 Å². The molecule has 1 N–H and O–H groups in total. The fraction of sp³-hybridized carbons (Fsp3) is 0.389. The van der Waals surface area contributed by atoms with Gasteiger partial charge < -0.3 is 14.4 Å². The van der Waals surface area contributed by atoms with Gasteiger partial charge >= 0.3 is 5.76 Å². The number of fused-ring (bicyclic) bond motifs is 2. The van der Waals surface area contributed by atoms with Gasteiger partial charge in [-0.2, -0.15) is 5.10 Å². The van der Waals surface area contributed by atoms with Crippen molar-refractivity contribution in [3.05, 3.63) is 52.3 Å². The summed E-state index contributed by atoms with van der Waals surface area (Å²) in [6, 6.07) is 8.89. The summed E-state index contributed by atoms with van der Waals surface area (Å²) >= 11 is 0. The molecule has 0 unspecified atom stereocenters. The Kier molecular flexibility index (Phi) is 4.12. The highest BCUT2D eigenvalue weighted by Gasteiger charge is 2.24. The minimum absolute atomic E-state index is 0.0611. The lowest BCUT2D eigenvalue weighted by atomic mass is 10.2. The Balaban J connectivity index is 1.53. The van der Waals surface area contributed by atoms with Crippen molar-refractivity contribution in [2.24, 2.45) is 0 Å². The van der Waals surface area contributed by atoms with Crippen LogP contribution in [0.25, 0.3) is 11.1 Å². The molecule has 1 aromatic carbocycles. The maximum absolute atomic E-state index is 12.7. The standard InChI is InChI=1S/C18H20N4O4/c1-2-15(23)13-9-12-10-20(7-8-22(12)19-13)17(24)11-21-14-5-3-4-6-16(14)26-18(21)25/h3-6,9,15,23H,2,7-8,10-11H2,1H3/t15-/m0/s1. The largest absolute Gasteiger partial charge is 0.420 e. The number of carbonyl (C=O) groups is 1. The number of hydrogen-bond donors (Lipinski definition) is 1. The molecule has 0 radical (unpaired) electrons. The van der Waals surface area contributed by atoms with Gasteiger partial charge in [-0.3, -0.25) is 14.0 Å². The van der Waals surface area contributed by atoms with Gasteiger partial charge in [-0.25, -0.2) is 4.79 Å². The molecule has 2 aromatic heterocycles. The molecular formula is C18H20N4O4. The van der Waals surface area contributed by atoms with Crippen LogP contribution in [0.3, 0.4) is 0 Å². The van der Waals surface area contributed by atoms with Crippen LogP contribution in [-0.4, -0.2) is 36.8 Å². The number of benzene rings is 1. The molecule has 0 saturated heterocycles. The van der Waals surface area contributed by atoms with Crippen molar-refractivity contribution in [1.29, 1.82) is 0 Å². The summed E-state index contributed by atoms with van der Waals surface area (Å²) in [5.74, 6) is -0.682. The molecule has 26 heavy (non-hydrogen) atoms. The Bertz CT molecular complexity index is 1020. The maximum Gasteiger partial charge on any atom is 0.420 e. The molecule has 3 aromatic rings. The number of nitrogens with zero attached hydrogens (tertiary/aromatic N) is 4. The summed E-state index contributed by atoms with van der Waals surface area (Å²) < 4.78 is 8.37. The predicted molar refractivity (Wildman–Crippen MR) is 93.4 cm³/mol. The van der Waals surface area contributed by atoms with Crippen LogP contribution < -0.4 is 5.76 Å². The van der Waals surface area contributed by atoms with Gasteiger partial charge in [-0.1, -0.05) is 19.1 Å². The summed E-state index contributed by atoms with van der Waals surface area (Å²) in [7, 11) is 0. The first-order chi connectivity index (χ1) is 12.6. The molecule has 0 saturated carbocycles. The van der Waals surface area contributed by atoms with E-state index in [0.29, 0.717) is 42.8 Å². The second-order valence-corrected chi connectivity index (χ2v) is 6.44. The van der Waals surface area contributed by atoms with Crippen LogP contribution in [0.4, 0.5) is 0 Å². The monoisotopic (exact) mass is 356 g/mol. The second kappa shape index (κ2) is 6.45. The Morgan fingerprint density at radius 1 is 1.35 bits per heavy atom. The molecule has 136 valence electrons. The quantitative estimate of drug-likeness (QED) is 0.760. The summed E-state index contributed by atoms with van der Waals surface area (Å²) in [4.78, 5) is 26.5. The molecule has 0 fully saturated rings. The number of rotatable bonds is 4. The number of aliphatic hydroxyl groups excluding tert-OH is 1. The molecule has 0 aliphatic carbocycles. The number of aliphatic hydroxyl groups is 1. The first-order valence-electron chi connectivity index (χ1n) is 8.67. The molecule has 0 bridgehead atoms. The lowest BCUT2D eigenvalue weighted by Crippen LogP contribution is -2.41. The lowest BCUT2D eigenvalue weighted by Gasteiger charge is -2.27. The fourth-order valence-electron chi connectivity index (χ4n) is 3.27. The summed E-state index contributed by atoms with van der Waals surface area (Å²) in [6.45, 7) is 3.32. The van der Waals surface area contributed by atoms with Gasteiger partial charge in [0.1, 0.15) is 6.54 Å². The van der Waals surface area contributed by atoms with Crippen LogP contribution >= 0.6 is 0 Å². The zero-order valence-corrected chi connectivity index (χ0v) is 14.5. The zero-order valence-electron chi connectivity index (χ0n) is 14.5. The second-order valence-electron chi connectivity index (χ2n) is 6.44. The van der Waals surface area contributed by atoms with Crippen LogP contribution in [0, 0.1) is 0 Å². The third-order valence-corrected chi connectivity index (χ3v) is 4.76. The topological polar surface area (TPSA) is 93.5 Å². The van der Waals surface area contributed by atoms with Gasteiger partial charge in [0.15, 0.2) is 5.58 Å². The third-order valence-electron chi connectivity index (χ3n) is 4.76. The SMILES string of the molecule is CC[C@H](O)c1cc2n(n1)CCN(C(=O)Cn1c(=O)oc3ccccc31)C2. The molecule has 4 rings (SSSR count). The number of oxazole rings is 1. The predicted octanol–water partition coefficient (Wildman–Crippen LogP) is 1.28. The van der Waals surface area contributed by atoms with Crippen molar-refractivity contribution in [3.8, 4) is 0 Å². The molecule has 8 nitrogen and oxygen atoms in total. The first kappa shape index (κ1) is 16.6. The highest BCUT2D eigenvalue weighted by Crippen LogP contribution is 2.20. The van der Waals surface area contributed by atoms with Crippen molar-refractivity contribution in [2.45, 2.75) is 39.1 Å². The van der Waals surface area contributed by atoms with E-state index in [1.165, 1.54) is 4.57 Å². The van der Waals surface area contributed by atoms with Crippen LogP contribution in [0.5, 0.6) is 0 Å². The average molecular weight is 356 g/mol. The van der Waals surface area contributed by atoms with Crippen LogP contribution in [0.2, 0.25) is 0 Å². The number of carbonyl (C=O) groups excluding carboxylic acids is 1. The fourth-order valence-corrected chi connectivity index (χ4v) is 3.27. The van der Waals surface area contributed by atoms with Crippen molar-refractivity contribution >= 4 is 17.0 Å². The highest BCUT2D eigenvalue weighted by atomic mass is 16.4. The molecule has 1 aliphatic heterocycles. The molecule has 3 heterocycles. The van der Waals surface area contributed by atoms with Gasteiger partial charge in [0.05, 0.1) is 36.1 Å². The average Bonchev–Trinajstić information content (AvgIpc) is 3.21. The van der Waals surface area contributed by atoms with E-state index in [1.54, 1.807) is 29.2 Å². The van der Waals surface area contributed by atoms with E-state index in [0.717, 1.165) is 5.69 Å². The molecule has 1 aliphatic rings. The van der Waals surface area contributed by atoms with E-state index in [2.05, 4.69) is 5.10 Å². The summed E-state index contributed by atoms with van der Waals surface area (Å²) in [5, 5.41) is 14.4. The van der Waals surface area contributed by atoms with E-state index in [-0.39, 0.29) is 12.5 Å². The Morgan fingerprint density at radius 2 is 2.15 bits per heavy atom. The molecule has 1 amide bonds. The lowest BCUT2D eigenvalue weighted by molar-refractivity contribution is -0.133. The van der Waals surface area contributed by atoms with Crippen LogP contribution in [0.15, 0.2) is 39.5 Å². The number of amides is 1. The maximum atomic E-state index is 12.7. The Morgan fingerprint density at radius 3 is 2.96 bits per heavy atom. The van der Waals surface area contributed by atoms with E-state index >= 15 is 0 Å². The number of aromatic nitrogens is 3. The van der Waals surface area contributed by atoms with Crippen molar-refractivity contribution in [1.82, 2.24) is 19.2 Å². The van der Waals surface area contributed by atoms with Crippen LogP contribution in [-0.2, 0) is 24.4 Å². The van der Waals surface area contributed by atoms with E-state index < -0.39 is 11.9 Å². The molecular weight excluding hydrogens is 336 g/mol. The highest BCUT2D eigenvalue weighted by molar-refractivity contribution is 5.79. The number of hydrogen-bond acceptors (Lipinski definition) is 5. The summed E-state index contributed by atoms with van der Waals surface area (Å²) in [6.07, 6.45) is 0.00314. The van der Waals surface area contributed by atoms with Crippen molar-refractivity contribution in [2.75, 3.05) is 6.54 Å². The van der Waals surface area contributed by atoms with Gasteiger partial charge in [-0.15, -0.1) is 0 Å². The van der Waals surface area contributed by atoms with E-state index in [1.807, 2.05) is 17.7 Å². The normalized spacial score (nSPS) is 15.2. The van der Waals surface area contributed by atoms with Crippen molar-refractivity contribution in [3.63, 3.8) is 0 Å². The minimum Gasteiger partial charge on any atom is -0.408 e. The first-order valence-corrected chi connectivity index (χ1v) is 8.67. The zero-order chi connectivity index (χ0) is 18.3. The molecule has 1 atom stereocenters. The molecule has 8 heteroatoms. The Hall–Kier alpha value is -2.87. The van der Waals surface area contributed by atoms with Gasteiger partial charge in [0.25, 0.3) is 0 Å². The van der Waals surface area contributed by atoms with Gasteiger partial charge in [-0.05, 0) is 24.6 Å². The minimum atomic E-state index is -0.590. The van der Waals surface area contributed by atoms with E-state index in [4.69, 9.17) is 4.42 Å². The number of para-hydroxylation sites is 2.